The van der Waals surface area contributed by atoms with E-state index >= 15 is 0 Å². The molecule has 4 heterocycles. The van der Waals surface area contributed by atoms with Crippen LogP contribution in [0.1, 0.15) is 128 Å². The molecule has 0 atom stereocenters. The van der Waals surface area contributed by atoms with Crippen LogP contribution in [0.3, 0.4) is 0 Å². The predicted octanol–water partition coefficient (Wildman–Crippen LogP) is 24.4. The molecule has 0 N–H and O–H groups in total. The maximum absolute atomic E-state index is 7.50. The first kappa shape index (κ1) is 68.6. The summed E-state index contributed by atoms with van der Waals surface area (Å²) in [7, 11) is 0. The van der Waals surface area contributed by atoms with Crippen molar-refractivity contribution < 1.29 is 4.74 Å². The third-order valence-corrected chi connectivity index (χ3v) is 25.5. The lowest BCUT2D eigenvalue weighted by molar-refractivity contribution is 0.487. The zero-order chi connectivity index (χ0) is 76.9. The number of fused-ring (bicyclic) bond motifs is 18. The SMILES string of the molecule is CC(C)(C)c1cccc(N2c3cc4c(cc3B3c5ccccc5Oc5cc(-c6cc(C(C)(C)C)cc(C(C)(C)C)c6)cc2c53)B2c3ccccc3N(c3c(-c5ccccc5)cccc3-c3ccccc3)c3cc(-c5cccc6c5C5(c7ccccc7-c7ccccc75)c5ccccc5-6)cc(c32)N4c2cccc(C(C)(C)C)c2)c1. The van der Waals surface area contributed by atoms with Crippen LogP contribution >= 0.6 is 0 Å². The normalized spacial score (nSPS) is 14.2. The van der Waals surface area contributed by atoms with Crippen molar-refractivity contribution in [2.24, 2.45) is 0 Å². The van der Waals surface area contributed by atoms with Gasteiger partial charge in [-0.15, -0.1) is 0 Å². The Kier molecular flexibility index (Phi) is 15.1. The van der Waals surface area contributed by atoms with E-state index in [0.717, 1.165) is 102 Å². The van der Waals surface area contributed by atoms with Gasteiger partial charge in [-0.2, -0.15) is 0 Å². The number of nitrogens with zero attached hydrogens (tertiary/aromatic N) is 3. The quantitative estimate of drug-likeness (QED) is 0.148. The van der Waals surface area contributed by atoms with Gasteiger partial charge in [0.2, 0.25) is 0 Å². The van der Waals surface area contributed by atoms with Crippen molar-refractivity contribution in [3.05, 3.63) is 366 Å². The van der Waals surface area contributed by atoms with E-state index in [4.69, 9.17) is 4.74 Å². The van der Waals surface area contributed by atoms with Crippen molar-refractivity contribution in [2.75, 3.05) is 14.7 Å². The average molecular weight is 1450 g/mol. The molecule has 21 rings (SSSR count). The molecule has 0 bridgehead atoms. The van der Waals surface area contributed by atoms with E-state index in [9.17, 15) is 0 Å². The Morgan fingerprint density at radius 1 is 0.248 bits per heavy atom. The second kappa shape index (κ2) is 24.8. The number of para-hydroxylation sites is 3. The van der Waals surface area contributed by atoms with Gasteiger partial charge in [0.15, 0.2) is 0 Å². The highest BCUT2D eigenvalue weighted by Crippen LogP contribution is 2.65. The van der Waals surface area contributed by atoms with E-state index in [1.165, 1.54) is 105 Å². The summed E-state index contributed by atoms with van der Waals surface area (Å²) in [5.74, 6) is 1.76. The van der Waals surface area contributed by atoms with Crippen molar-refractivity contribution in [3.63, 3.8) is 0 Å². The Morgan fingerprint density at radius 3 is 1.21 bits per heavy atom. The predicted molar refractivity (Wildman–Crippen MR) is 479 cm³/mol. The van der Waals surface area contributed by atoms with Crippen molar-refractivity contribution in [1.82, 2.24) is 0 Å². The number of ether oxygens (including phenoxy) is 1. The van der Waals surface area contributed by atoms with Gasteiger partial charge in [-0.25, -0.2) is 0 Å². The van der Waals surface area contributed by atoms with Crippen molar-refractivity contribution in [2.45, 2.75) is 110 Å². The standard InChI is InChI=1S/C107H89B2N3O/c1-103(2,3)71-37-29-39-75(62-71)110-92-65-93-90(109-88-52-26-28-54-97(88)113-98-60-69(68-55-73(105(7,8)9)61-74(56-68)106(10,11)12)57-96(101(98)109)111(93)76-40-30-38-72(63-76)104(4,5)6)64-89(92)108-87-51-25-27-53-91(87)112(102-78(66-33-15-13-16-34-66)45-32-46-79(102)67-35-17-14-18-36-67)95-59-70(58-94(110)100(95)108)77-44-31-47-83-82-43-21-24-50-86(82)107(99(77)83)84-48-22-19-41-80(84)81-42-20-23-49-85(81)107/h13-65H,1-12H3. The molecule has 113 heavy (non-hydrogen) atoms. The van der Waals surface area contributed by atoms with Crippen molar-refractivity contribution in [1.29, 1.82) is 0 Å². The molecular formula is C107H89B2N3O. The van der Waals surface area contributed by atoms with Gasteiger partial charge in [0.1, 0.15) is 11.5 Å². The number of rotatable bonds is 7. The minimum Gasteiger partial charge on any atom is -0.458 e. The first-order chi connectivity index (χ1) is 54.6. The molecule has 6 aliphatic rings. The molecule has 0 amide bonds. The lowest BCUT2D eigenvalue weighted by atomic mass is 9.30. The Hall–Kier alpha value is -12.4. The fraction of sp³-hybridized carbons (Fsp3) is 0.159. The molecule has 0 saturated carbocycles. The molecule has 0 saturated heterocycles. The third kappa shape index (κ3) is 10.4. The van der Waals surface area contributed by atoms with Crippen molar-refractivity contribution in [3.8, 4) is 78.3 Å². The van der Waals surface area contributed by atoms with Crippen LogP contribution in [0.5, 0.6) is 11.5 Å². The smallest absolute Gasteiger partial charge is 0.256 e. The summed E-state index contributed by atoms with van der Waals surface area (Å²) < 4.78 is 7.50. The van der Waals surface area contributed by atoms with Gasteiger partial charge < -0.3 is 19.4 Å². The number of hydrogen-bond acceptors (Lipinski definition) is 4. The van der Waals surface area contributed by atoms with Gasteiger partial charge in [0.05, 0.1) is 11.1 Å². The molecular weight excluding hydrogens is 1360 g/mol. The second-order valence-corrected chi connectivity index (χ2v) is 36.3. The monoisotopic (exact) mass is 1450 g/mol. The lowest BCUT2D eigenvalue weighted by Gasteiger charge is -2.47. The molecule has 4 aliphatic heterocycles. The molecule has 15 aromatic rings. The summed E-state index contributed by atoms with van der Waals surface area (Å²) in [4.78, 5) is 8.03. The van der Waals surface area contributed by atoms with E-state index < -0.39 is 5.41 Å². The highest BCUT2D eigenvalue weighted by molar-refractivity contribution is 7.02. The van der Waals surface area contributed by atoms with Crippen LogP contribution in [0, 0.1) is 0 Å². The van der Waals surface area contributed by atoms with Crippen LogP contribution in [0.25, 0.3) is 66.8 Å². The van der Waals surface area contributed by atoms with Crippen molar-refractivity contribution >= 4 is 97.4 Å². The summed E-state index contributed by atoms with van der Waals surface area (Å²) >= 11 is 0. The molecule has 1 spiro atoms. The fourth-order valence-corrected chi connectivity index (χ4v) is 20.0. The minimum absolute atomic E-state index is 0.104. The van der Waals surface area contributed by atoms with E-state index in [-0.39, 0.29) is 35.1 Å². The summed E-state index contributed by atoms with van der Waals surface area (Å²) in [5, 5.41) is 0. The Balaban J connectivity index is 0.915. The highest BCUT2D eigenvalue weighted by atomic mass is 16.5. The highest BCUT2D eigenvalue weighted by Gasteiger charge is 2.54. The molecule has 0 fully saturated rings. The fourth-order valence-electron chi connectivity index (χ4n) is 20.0. The van der Waals surface area contributed by atoms with Gasteiger partial charge >= 0.3 is 0 Å². The van der Waals surface area contributed by atoms with E-state index in [1.807, 2.05) is 0 Å². The Bertz CT molecular complexity index is 6350. The number of anilines is 9. The van der Waals surface area contributed by atoms with Crippen LogP contribution in [0.4, 0.5) is 51.2 Å². The maximum atomic E-state index is 7.50. The molecule has 15 aromatic carbocycles. The van der Waals surface area contributed by atoms with E-state index in [1.54, 1.807) is 0 Å². The molecule has 4 nitrogen and oxygen atoms in total. The van der Waals surface area contributed by atoms with E-state index in [0.29, 0.717) is 0 Å². The third-order valence-electron chi connectivity index (χ3n) is 25.5. The lowest BCUT2D eigenvalue weighted by Crippen LogP contribution is -2.64. The van der Waals surface area contributed by atoms with Crippen LogP contribution in [0.2, 0.25) is 0 Å². The first-order valence-corrected chi connectivity index (χ1v) is 40.4. The molecule has 6 heteroatoms. The summed E-state index contributed by atoms with van der Waals surface area (Å²) in [5.41, 5.74) is 41.0. The second-order valence-electron chi connectivity index (χ2n) is 36.3. The first-order valence-electron chi connectivity index (χ1n) is 40.4. The van der Waals surface area contributed by atoms with Crippen LogP contribution in [0.15, 0.2) is 322 Å². The Labute approximate surface area is 666 Å². The van der Waals surface area contributed by atoms with Gasteiger partial charge in [0, 0.05) is 56.6 Å². The van der Waals surface area contributed by atoms with Crippen LogP contribution in [-0.4, -0.2) is 13.4 Å². The van der Waals surface area contributed by atoms with Crippen LogP contribution in [-0.2, 0) is 27.1 Å². The van der Waals surface area contributed by atoms with Gasteiger partial charge in [-0.05, 0) is 221 Å². The van der Waals surface area contributed by atoms with Gasteiger partial charge in [-0.3, -0.25) is 0 Å². The Morgan fingerprint density at radius 2 is 0.664 bits per heavy atom. The minimum atomic E-state index is -0.638. The average Bonchev–Trinajstić information content (AvgIpc) is 1.66. The zero-order valence-electron chi connectivity index (χ0n) is 66.5. The molecule has 0 aromatic heterocycles. The van der Waals surface area contributed by atoms with Gasteiger partial charge in [0.25, 0.3) is 13.4 Å². The summed E-state index contributed by atoms with van der Waals surface area (Å²) in [6, 6.07) is 124. The molecule has 2 aliphatic carbocycles. The number of hydrogen-bond donors (Lipinski definition) is 0. The molecule has 0 radical (unpaired) electrons. The maximum Gasteiger partial charge on any atom is 0.256 e. The summed E-state index contributed by atoms with van der Waals surface area (Å²) in [6.07, 6.45) is 0. The topological polar surface area (TPSA) is 19.0 Å². The summed E-state index contributed by atoms with van der Waals surface area (Å²) in [6.45, 7) is 27.7. The molecule has 0 unspecified atom stereocenters. The van der Waals surface area contributed by atoms with Crippen LogP contribution < -0.4 is 52.2 Å². The van der Waals surface area contributed by atoms with E-state index in [2.05, 4.69) is 419 Å². The van der Waals surface area contributed by atoms with Gasteiger partial charge in [-0.1, -0.05) is 338 Å². The largest absolute Gasteiger partial charge is 0.458 e. The zero-order valence-corrected chi connectivity index (χ0v) is 66.5. The molecule has 544 valence electrons. The number of benzene rings is 15.